The lowest BCUT2D eigenvalue weighted by Crippen LogP contribution is -2.31. The number of ether oxygens (including phenoxy) is 1. The molecule has 0 amide bonds. The Morgan fingerprint density at radius 1 is 1.19 bits per heavy atom. The summed E-state index contributed by atoms with van der Waals surface area (Å²) in [7, 11) is -2.47. The zero-order valence-electron chi connectivity index (χ0n) is 14.8. The van der Waals surface area contributed by atoms with E-state index < -0.39 is 25.3 Å². The van der Waals surface area contributed by atoms with Crippen molar-refractivity contribution in [3.8, 4) is 0 Å². The average molecular weight is 396 g/mol. The van der Waals surface area contributed by atoms with Crippen molar-refractivity contribution in [1.29, 1.82) is 0 Å². The molecule has 3 rings (SSSR count). The van der Waals surface area contributed by atoms with Crippen molar-refractivity contribution in [3.63, 3.8) is 0 Å². The highest BCUT2D eigenvalue weighted by atomic mass is 31.2. The van der Waals surface area contributed by atoms with Crippen molar-refractivity contribution in [2.24, 2.45) is 0 Å². The molecule has 1 aliphatic rings. The van der Waals surface area contributed by atoms with Crippen LogP contribution in [0.5, 0.6) is 0 Å². The van der Waals surface area contributed by atoms with Crippen molar-refractivity contribution in [2.45, 2.75) is 31.8 Å². The molecule has 27 heavy (non-hydrogen) atoms. The molecule has 2 aromatic rings. The Morgan fingerprint density at radius 3 is 2.67 bits per heavy atom. The Balaban J connectivity index is 1.53. The number of benzene rings is 1. The Hall–Kier alpha value is -2.03. The van der Waals surface area contributed by atoms with Gasteiger partial charge in [0.25, 0.3) is 5.56 Å². The highest BCUT2D eigenvalue weighted by Crippen LogP contribution is 2.49. The van der Waals surface area contributed by atoms with Crippen LogP contribution in [0.25, 0.3) is 0 Å². The first-order valence-electron chi connectivity index (χ1n) is 8.45. The number of aromatic amines is 1. The minimum absolute atomic E-state index is 0.00545. The summed E-state index contributed by atoms with van der Waals surface area (Å²) < 4.78 is 35.2. The maximum atomic E-state index is 12.5. The first-order chi connectivity index (χ1) is 13.0. The van der Waals surface area contributed by atoms with E-state index in [1.165, 1.54) is 23.9 Å². The van der Waals surface area contributed by atoms with Crippen LogP contribution >= 0.6 is 7.82 Å². The van der Waals surface area contributed by atoms with Crippen molar-refractivity contribution in [3.05, 3.63) is 69.0 Å². The standard InChI is InChI=1S/C17H21N2O7P/c1-23-27(22,24-11-13-5-3-2-4-6-13)25-12-14-7-8-16(26-14)19-10-9-15(20)18-17(19)21/h2-6,9-10,14,16H,7-8,11-12H2,1H3,(H,18,20,21). The van der Waals surface area contributed by atoms with Gasteiger partial charge >= 0.3 is 13.5 Å². The number of nitrogens with one attached hydrogen (secondary N) is 1. The molecule has 1 N–H and O–H groups in total. The van der Waals surface area contributed by atoms with E-state index in [2.05, 4.69) is 4.98 Å². The Kier molecular flexibility index (Phi) is 6.41. The molecule has 1 aromatic carbocycles. The number of phosphoric acid groups is 1. The van der Waals surface area contributed by atoms with Crippen molar-refractivity contribution >= 4 is 7.82 Å². The fourth-order valence-corrected chi connectivity index (χ4v) is 3.65. The molecule has 0 radical (unpaired) electrons. The Labute approximate surface area is 155 Å². The van der Waals surface area contributed by atoms with Crippen molar-refractivity contribution in [2.75, 3.05) is 13.7 Å². The second-order valence-corrected chi connectivity index (χ2v) is 7.77. The smallest absolute Gasteiger partial charge is 0.352 e. The number of aromatic nitrogens is 2. The Morgan fingerprint density at radius 2 is 1.96 bits per heavy atom. The SMILES string of the molecule is COP(=O)(OCc1ccccc1)OCC1CCC(n2ccc(=O)[nH]c2=O)O1. The second kappa shape index (κ2) is 8.77. The zero-order valence-corrected chi connectivity index (χ0v) is 15.7. The number of hydrogen-bond acceptors (Lipinski definition) is 7. The molecule has 0 spiro atoms. The molecule has 1 aliphatic heterocycles. The summed E-state index contributed by atoms with van der Waals surface area (Å²) in [5.41, 5.74) is -0.165. The van der Waals surface area contributed by atoms with Gasteiger partial charge in [-0.2, -0.15) is 0 Å². The van der Waals surface area contributed by atoms with E-state index in [0.29, 0.717) is 12.8 Å². The third-order valence-electron chi connectivity index (χ3n) is 4.12. The first kappa shape index (κ1) is 19.7. The van der Waals surface area contributed by atoms with Crippen LogP contribution in [0.4, 0.5) is 0 Å². The maximum Gasteiger partial charge on any atom is 0.474 e. The quantitative estimate of drug-likeness (QED) is 0.682. The molecule has 10 heteroatoms. The number of nitrogens with zero attached hydrogens (tertiary/aromatic N) is 1. The molecule has 1 aromatic heterocycles. The van der Waals surface area contributed by atoms with Gasteiger partial charge in [0.1, 0.15) is 6.23 Å². The number of hydrogen-bond donors (Lipinski definition) is 1. The van der Waals surface area contributed by atoms with E-state index in [-0.39, 0.29) is 19.3 Å². The van der Waals surface area contributed by atoms with Gasteiger partial charge in [-0.3, -0.25) is 27.9 Å². The molecule has 1 saturated heterocycles. The van der Waals surface area contributed by atoms with Crippen LogP contribution in [0, 0.1) is 0 Å². The second-order valence-electron chi connectivity index (χ2n) is 5.99. The molecular weight excluding hydrogens is 375 g/mol. The third-order valence-corrected chi connectivity index (χ3v) is 5.48. The van der Waals surface area contributed by atoms with Crippen molar-refractivity contribution < 1.29 is 22.9 Å². The van der Waals surface area contributed by atoms with Crippen LogP contribution in [0.2, 0.25) is 0 Å². The first-order valence-corrected chi connectivity index (χ1v) is 9.91. The van der Waals surface area contributed by atoms with Crippen LogP contribution in [-0.4, -0.2) is 29.4 Å². The largest absolute Gasteiger partial charge is 0.474 e. The maximum absolute atomic E-state index is 12.5. The van der Waals surface area contributed by atoms with E-state index in [1.54, 1.807) is 0 Å². The van der Waals surface area contributed by atoms with Gasteiger partial charge in [0.05, 0.1) is 19.3 Å². The lowest BCUT2D eigenvalue weighted by molar-refractivity contribution is -0.0273. The molecule has 9 nitrogen and oxygen atoms in total. The summed E-state index contributed by atoms with van der Waals surface area (Å²) in [6.07, 6.45) is 1.64. The van der Waals surface area contributed by atoms with Crippen LogP contribution < -0.4 is 11.2 Å². The van der Waals surface area contributed by atoms with Gasteiger partial charge in [0.15, 0.2) is 0 Å². The van der Waals surface area contributed by atoms with Crippen LogP contribution in [0.1, 0.15) is 24.6 Å². The van der Waals surface area contributed by atoms with E-state index in [4.69, 9.17) is 18.3 Å². The highest BCUT2D eigenvalue weighted by molar-refractivity contribution is 7.48. The molecule has 3 unspecified atom stereocenters. The lowest BCUT2D eigenvalue weighted by Gasteiger charge is -2.19. The minimum Gasteiger partial charge on any atom is -0.352 e. The van der Waals surface area contributed by atoms with Crippen LogP contribution in [0.3, 0.4) is 0 Å². The predicted molar refractivity (Wildman–Crippen MR) is 96.3 cm³/mol. The normalized spacial score (nSPS) is 21.8. The summed E-state index contributed by atoms with van der Waals surface area (Å²) in [5, 5.41) is 0. The summed E-state index contributed by atoms with van der Waals surface area (Å²) in [6, 6.07) is 10.5. The lowest BCUT2D eigenvalue weighted by atomic mass is 10.2. The molecule has 0 saturated carbocycles. The molecule has 3 atom stereocenters. The van der Waals surface area contributed by atoms with Gasteiger partial charge in [-0.25, -0.2) is 9.36 Å². The molecule has 0 aliphatic carbocycles. The van der Waals surface area contributed by atoms with Crippen LogP contribution in [-0.2, 0) is 29.5 Å². The summed E-state index contributed by atoms with van der Waals surface area (Å²) in [6.45, 7) is 0.0847. The van der Waals surface area contributed by atoms with Gasteiger partial charge in [0, 0.05) is 19.4 Å². The van der Waals surface area contributed by atoms with E-state index >= 15 is 0 Å². The number of H-pyrrole nitrogens is 1. The van der Waals surface area contributed by atoms with E-state index in [1.807, 2.05) is 30.3 Å². The molecule has 2 heterocycles. The van der Waals surface area contributed by atoms with Gasteiger partial charge in [-0.05, 0) is 18.4 Å². The highest BCUT2D eigenvalue weighted by Gasteiger charge is 2.32. The fraction of sp³-hybridized carbons (Fsp3) is 0.412. The summed E-state index contributed by atoms with van der Waals surface area (Å²) >= 11 is 0. The van der Waals surface area contributed by atoms with Gasteiger partial charge in [-0.1, -0.05) is 30.3 Å². The zero-order chi connectivity index (χ0) is 19.3. The van der Waals surface area contributed by atoms with E-state index in [9.17, 15) is 14.2 Å². The van der Waals surface area contributed by atoms with Crippen LogP contribution in [0.15, 0.2) is 52.2 Å². The van der Waals surface area contributed by atoms with Gasteiger partial charge in [0.2, 0.25) is 0 Å². The topological polar surface area (TPSA) is 109 Å². The van der Waals surface area contributed by atoms with Crippen molar-refractivity contribution in [1.82, 2.24) is 9.55 Å². The summed E-state index contributed by atoms with van der Waals surface area (Å²) in [5.74, 6) is 0. The molecule has 146 valence electrons. The number of rotatable bonds is 8. The summed E-state index contributed by atoms with van der Waals surface area (Å²) in [4.78, 5) is 25.2. The monoisotopic (exact) mass is 396 g/mol. The van der Waals surface area contributed by atoms with Gasteiger partial charge in [-0.15, -0.1) is 0 Å². The predicted octanol–water partition coefficient (Wildman–Crippen LogP) is 2.20. The Bertz CT molecular complexity index is 911. The average Bonchev–Trinajstić information content (AvgIpc) is 3.14. The minimum atomic E-state index is -3.72. The van der Waals surface area contributed by atoms with Gasteiger partial charge < -0.3 is 4.74 Å². The molecule has 0 bridgehead atoms. The number of phosphoric ester groups is 1. The molecular formula is C17H21N2O7P. The molecule has 1 fully saturated rings. The fourth-order valence-electron chi connectivity index (χ4n) is 2.71. The van der Waals surface area contributed by atoms with E-state index in [0.717, 1.165) is 5.56 Å². The third kappa shape index (κ3) is 5.24.